The summed E-state index contributed by atoms with van der Waals surface area (Å²) >= 11 is 0. The van der Waals surface area contributed by atoms with E-state index in [1.54, 1.807) is 20.0 Å². The fraction of sp³-hybridized carbons (Fsp3) is 0.267. The van der Waals surface area contributed by atoms with E-state index in [0.717, 1.165) is 22.8 Å². The Labute approximate surface area is 223 Å². The van der Waals surface area contributed by atoms with Crippen LogP contribution in [-0.4, -0.2) is 39.6 Å². The predicted molar refractivity (Wildman–Crippen MR) is 139 cm³/mol. The minimum atomic E-state index is -4.60. The van der Waals surface area contributed by atoms with Gasteiger partial charge in [-0.3, -0.25) is 19.5 Å². The Morgan fingerprint density at radius 3 is 2.59 bits per heavy atom. The molecule has 3 aromatic rings. The van der Waals surface area contributed by atoms with Gasteiger partial charge in [0.05, 0.1) is 17.5 Å². The molecular weight excluding hydrogens is 505 g/mol. The number of halogens is 3. The summed E-state index contributed by atoms with van der Waals surface area (Å²) < 4.78 is 41.1. The molecule has 6 rings (SSSR count). The lowest BCUT2D eigenvalue weighted by molar-refractivity contribution is -0.138. The van der Waals surface area contributed by atoms with E-state index in [1.807, 2.05) is 30.3 Å². The average molecular weight is 529 g/mol. The zero-order chi connectivity index (χ0) is 27.6. The molecule has 1 unspecified atom stereocenters. The highest BCUT2D eigenvalue weighted by Crippen LogP contribution is 2.46. The van der Waals surface area contributed by atoms with E-state index >= 15 is 0 Å². The van der Waals surface area contributed by atoms with Gasteiger partial charge in [-0.25, -0.2) is 4.98 Å². The quantitative estimate of drug-likeness (QED) is 0.498. The topological polar surface area (TPSA) is 74.7 Å². The van der Waals surface area contributed by atoms with Crippen molar-refractivity contribution in [3.05, 3.63) is 94.2 Å². The van der Waals surface area contributed by atoms with Crippen LogP contribution in [0.5, 0.6) is 0 Å². The molecule has 3 heterocycles. The van der Waals surface area contributed by atoms with Gasteiger partial charge in [-0.1, -0.05) is 42.2 Å². The van der Waals surface area contributed by atoms with Crippen molar-refractivity contribution >= 4 is 23.5 Å². The van der Waals surface area contributed by atoms with Crippen LogP contribution in [0.25, 0.3) is 0 Å². The maximum absolute atomic E-state index is 13.7. The molecule has 1 spiro atoms. The summed E-state index contributed by atoms with van der Waals surface area (Å²) in [5.74, 6) is 6.06. The van der Waals surface area contributed by atoms with Gasteiger partial charge in [-0.15, -0.1) is 0 Å². The molecule has 2 aliphatic heterocycles. The molecule has 2 amide bonds. The third-order valence-corrected chi connectivity index (χ3v) is 7.53. The third kappa shape index (κ3) is 3.98. The number of nitrogens with one attached hydrogen (secondary N) is 1. The Bertz CT molecular complexity index is 1650. The van der Waals surface area contributed by atoms with Crippen molar-refractivity contribution in [2.45, 2.75) is 43.8 Å². The van der Waals surface area contributed by atoms with Gasteiger partial charge in [0.15, 0.2) is 0 Å². The Kier molecular flexibility index (Phi) is 5.44. The lowest BCUT2D eigenvalue weighted by Crippen LogP contribution is -2.40. The predicted octanol–water partition coefficient (Wildman–Crippen LogP) is 4.51. The van der Waals surface area contributed by atoms with E-state index < -0.39 is 28.6 Å². The maximum Gasteiger partial charge on any atom is 0.417 e. The second-order valence-corrected chi connectivity index (χ2v) is 10.5. The zero-order valence-corrected chi connectivity index (χ0v) is 21.2. The van der Waals surface area contributed by atoms with Crippen LogP contribution in [0.2, 0.25) is 0 Å². The molecule has 9 heteroatoms. The third-order valence-electron chi connectivity index (χ3n) is 7.53. The van der Waals surface area contributed by atoms with Crippen LogP contribution in [0.3, 0.4) is 0 Å². The van der Waals surface area contributed by atoms with E-state index in [4.69, 9.17) is 0 Å². The van der Waals surface area contributed by atoms with Crippen molar-refractivity contribution in [2.24, 2.45) is 4.99 Å². The van der Waals surface area contributed by atoms with E-state index in [9.17, 15) is 22.8 Å². The van der Waals surface area contributed by atoms with Crippen LogP contribution in [0, 0.1) is 11.8 Å². The standard InChI is InChI=1S/C30H23F3N4O2/c1-28(2)27(39)37(25(36-28)21-8-3-4-9-22(21)30(31,32)33)14-6-7-18-11-12-19-16-29(17-20(19)15-18)23-10-5-13-34-24(23)35-26(29)38/h3-5,8-13,15H,14,16-17H2,1-2H3,(H,34,35,38). The highest BCUT2D eigenvalue weighted by Gasteiger charge is 2.51. The number of anilines is 1. The minimum absolute atomic E-state index is 0.0392. The molecule has 196 valence electrons. The van der Waals surface area contributed by atoms with Gasteiger partial charge >= 0.3 is 6.18 Å². The molecule has 3 aliphatic rings. The number of fused-ring (bicyclic) bond motifs is 3. The van der Waals surface area contributed by atoms with Crippen LogP contribution < -0.4 is 5.32 Å². The maximum atomic E-state index is 13.7. The average Bonchev–Trinajstić information content (AvgIpc) is 3.49. The first kappa shape index (κ1) is 24.9. The number of amidine groups is 1. The van der Waals surface area contributed by atoms with Gasteiger partial charge < -0.3 is 5.32 Å². The van der Waals surface area contributed by atoms with Gasteiger partial charge in [0.25, 0.3) is 5.91 Å². The van der Waals surface area contributed by atoms with Gasteiger partial charge in [-0.2, -0.15) is 13.2 Å². The molecule has 1 aromatic heterocycles. The van der Waals surface area contributed by atoms with Crippen molar-refractivity contribution in [1.29, 1.82) is 0 Å². The van der Waals surface area contributed by atoms with Crippen LogP contribution in [-0.2, 0) is 34.0 Å². The first-order valence-electron chi connectivity index (χ1n) is 12.5. The monoisotopic (exact) mass is 528 g/mol. The molecular formula is C30H23F3N4O2. The lowest BCUT2D eigenvalue weighted by Gasteiger charge is -2.20. The first-order valence-corrected chi connectivity index (χ1v) is 12.5. The van der Waals surface area contributed by atoms with Crippen LogP contribution in [0.4, 0.5) is 19.0 Å². The molecule has 2 aromatic carbocycles. The number of carbonyl (C=O) groups is 2. The molecule has 1 N–H and O–H groups in total. The van der Waals surface area contributed by atoms with Gasteiger partial charge in [0.2, 0.25) is 5.91 Å². The van der Waals surface area contributed by atoms with E-state index in [2.05, 4.69) is 27.1 Å². The Morgan fingerprint density at radius 2 is 1.79 bits per heavy atom. The number of hydrogen-bond donors (Lipinski definition) is 1. The summed E-state index contributed by atoms with van der Waals surface area (Å²) in [6, 6.07) is 14.6. The molecule has 0 radical (unpaired) electrons. The normalized spacial score (nSPS) is 20.8. The summed E-state index contributed by atoms with van der Waals surface area (Å²) in [6.07, 6.45) is -1.86. The largest absolute Gasteiger partial charge is 0.417 e. The van der Waals surface area contributed by atoms with Gasteiger partial charge in [0.1, 0.15) is 17.2 Å². The van der Waals surface area contributed by atoms with Crippen LogP contribution in [0.1, 0.15) is 47.2 Å². The summed E-state index contributed by atoms with van der Waals surface area (Å²) in [5, 5.41) is 2.89. The number of pyridine rings is 1. The number of carbonyl (C=O) groups excluding carboxylic acids is 2. The molecule has 0 fully saturated rings. The Balaban J connectivity index is 1.27. The lowest BCUT2D eigenvalue weighted by atomic mass is 9.79. The Morgan fingerprint density at radius 1 is 1.03 bits per heavy atom. The fourth-order valence-corrected chi connectivity index (χ4v) is 5.64. The molecule has 6 nitrogen and oxygen atoms in total. The molecule has 0 bridgehead atoms. The summed E-state index contributed by atoms with van der Waals surface area (Å²) in [4.78, 5) is 35.9. The number of benzene rings is 2. The molecule has 39 heavy (non-hydrogen) atoms. The first-order chi connectivity index (χ1) is 18.5. The van der Waals surface area contributed by atoms with Gasteiger partial charge in [0, 0.05) is 22.9 Å². The molecule has 0 saturated carbocycles. The zero-order valence-electron chi connectivity index (χ0n) is 21.2. The number of rotatable bonds is 2. The number of nitrogens with zero attached hydrogens (tertiary/aromatic N) is 3. The van der Waals surface area contributed by atoms with E-state index in [1.165, 1.54) is 23.1 Å². The minimum Gasteiger partial charge on any atom is -0.310 e. The van der Waals surface area contributed by atoms with Crippen molar-refractivity contribution < 1.29 is 22.8 Å². The highest BCUT2D eigenvalue weighted by atomic mass is 19.4. The molecule has 1 aliphatic carbocycles. The number of alkyl halides is 3. The fourth-order valence-electron chi connectivity index (χ4n) is 5.64. The van der Waals surface area contributed by atoms with Crippen molar-refractivity contribution in [2.75, 3.05) is 11.9 Å². The molecule has 0 saturated heterocycles. The SMILES string of the molecule is CC1(C)N=C(c2ccccc2C(F)(F)F)N(CC#Cc2ccc3c(c2)CC2(C3)C(=O)Nc3ncccc32)C1=O. The van der Waals surface area contributed by atoms with Crippen molar-refractivity contribution in [3.63, 3.8) is 0 Å². The van der Waals surface area contributed by atoms with Gasteiger partial charge in [-0.05, 0) is 62.1 Å². The molecule has 1 atom stereocenters. The Hall–Kier alpha value is -4.45. The summed E-state index contributed by atoms with van der Waals surface area (Å²) in [5.41, 5.74) is 0.740. The van der Waals surface area contributed by atoms with Crippen molar-refractivity contribution in [3.8, 4) is 11.8 Å². The van der Waals surface area contributed by atoms with Crippen molar-refractivity contribution in [1.82, 2.24) is 9.88 Å². The second-order valence-electron chi connectivity index (χ2n) is 10.5. The smallest absolute Gasteiger partial charge is 0.310 e. The number of aromatic nitrogens is 1. The highest BCUT2D eigenvalue weighted by molar-refractivity contribution is 6.15. The summed E-state index contributed by atoms with van der Waals surface area (Å²) in [6.45, 7) is 3.03. The number of amides is 2. The summed E-state index contributed by atoms with van der Waals surface area (Å²) in [7, 11) is 0. The van der Waals surface area contributed by atoms with E-state index in [-0.39, 0.29) is 23.9 Å². The van der Waals surface area contributed by atoms with Crippen LogP contribution in [0.15, 0.2) is 65.8 Å². The van der Waals surface area contributed by atoms with E-state index in [0.29, 0.717) is 24.2 Å². The second kappa shape index (κ2) is 8.53. The number of aliphatic imine (C=N–C) groups is 1. The van der Waals surface area contributed by atoms with Crippen LogP contribution >= 0.6 is 0 Å². The number of hydrogen-bond acceptors (Lipinski definition) is 4.